The van der Waals surface area contributed by atoms with Crippen LogP contribution in [0.1, 0.15) is 13.8 Å². The zero-order valence-corrected chi connectivity index (χ0v) is 8.50. The maximum atomic E-state index is 10.9. The fraction of sp³-hybridized carbons (Fsp3) is 0.556. The Balaban J connectivity index is 2.28. The van der Waals surface area contributed by atoms with Crippen LogP contribution in [0.15, 0.2) is 17.2 Å². The van der Waals surface area contributed by atoms with Crippen LogP contribution in [-0.2, 0) is 0 Å². The monoisotopic (exact) mass is 196 g/mol. The van der Waals surface area contributed by atoms with Gasteiger partial charge in [-0.15, -0.1) is 0 Å². The Morgan fingerprint density at radius 3 is 2.93 bits per heavy atom. The van der Waals surface area contributed by atoms with E-state index in [-0.39, 0.29) is 5.56 Å². The number of nitrogens with one attached hydrogen (secondary N) is 3. The van der Waals surface area contributed by atoms with Gasteiger partial charge >= 0.3 is 0 Å². The number of anilines is 1. The topological polar surface area (TPSA) is 69.8 Å². The number of rotatable bonds is 5. The molecule has 0 unspecified atom stereocenters. The van der Waals surface area contributed by atoms with E-state index in [2.05, 4.69) is 34.4 Å². The van der Waals surface area contributed by atoms with Gasteiger partial charge in [-0.25, -0.2) is 4.98 Å². The minimum absolute atomic E-state index is 0.140. The first-order valence-electron chi connectivity index (χ1n) is 4.70. The summed E-state index contributed by atoms with van der Waals surface area (Å²) in [6.45, 7) is 5.79. The molecular formula is C9H16N4O. The molecule has 0 fully saturated rings. The highest BCUT2D eigenvalue weighted by Crippen LogP contribution is 1.92. The average Bonchev–Trinajstić information content (AvgIpc) is 2.12. The predicted molar refractivity (Wildman–Crippen MR) is 56.5 cm³/mol. The molecule has 3 N–H and O–H groups in total. The fourth-order valence-electron chi connectivity index (χ4n) is 1.02. The number of H-pyrrole nitrogens is 1. The Morgan fingerprint density at radius 2 is 2.29 bits per heavy atom. The third-order valence-corrected chi connectivity index (χ3v) is 1.66. The van der Waals surface area contributed by atoms with Crippen LogP contribution < -0.4 is 16.2 Å². The Morgan fingerprint density at radius 1 is 1.50 bits per heavy atom. The normalized spacial score (nSPS) is 10.5. The number of aromatic amines is 1. The second-order valence-corrected chi connectivity index (χ2v) is 3.33. The van der Waals surface area contributed by atoms with Gasteiger partial charge in [0.05, 0.1) is 6.33 Å². The average molecular weight is 196 g/mol. The summed E-state index contributed by atoms with van der Waals surface area (Å²) in [5.41, 5.74) is -0.140. The smallest absolute Gasteiger partial charge is 0.252 e. The van der Waals surface area contributed by atoms with Crippen molar-refractivity contribution in [2.75, 3.05) is 18.4 Å². The molecule has 0 aliphatic carbocycles. The SMILES string of the molecule is CC(C)NCCNc1cc(=O)[nH]cn1. The van der Waals surface area contributed by atoms with Crippen molar-refractivity contribution in [3.8, 4) is 0 Å². The van der Waals surface area contributed by atoms with Crippen LogP contribution in [0.2, 0.25) is 0 Å². The van der Waals surface area contributed by atoms with Crippen molar-refractivity contribution in [2.45, 2.75) is 19.9 Å². The Kier molecular flexibility index (Phi) is 4.12. The van der Waals surface area contributed by atoms with E-state index in [1.165, 1.54) is 12.4 Å². The number of hydrogen-bond donors (Lipinski definition) is 3. The van der Waals surface area contributed by atoms with Crippen molar-refractivity contribution >= 4 is 5.82 Å². The molecule has 0 saturated heterocycles. The zero-order valence-electron chi connectivity index (χ0n) is 8.50. The van der Waals surface area contributed by atoms with Crippen molar-refractivity contribution in [1.29, 1.82) is 0 Å². The van der Waals surface area contributed by atoms with E-state index in [4.69, 9.17) is 0 Å². The highest BCUT2D eigenvalue weighted by molar-refractivity contribution is 5.31. The molecular weight excluding hydrogens is 180 g/mol. The second-order valence-electron chi connectivity index (χ2n) is 3.33. The van der Waals surface area contributed by atoms with Gasteiger partial charge in [-0.1, -0.05) is 13.8 Å². The first-order chi connectivity index (χ1) is 6.68. The standard InChI is InChI=1S/C9H16N4O/c1-7(2)10-3-4-11-8-5-9(14)13-6-12-8/h5-7,10H,3-4H2,1-2H3,(H2,11,12,13,14). The van der Waals surface area contributed by atoms with E-state index < -0.39 is 0 Å². The van der Waals surface area contributed by atoms with Crippen LogP contribution in [0.4, 0.5) is 5.82 Å². The summed E-state index contributed by atoms with van der Waals surface area (Å²) in [5, 5.41) is 6.30. The van der Waals surface area contributed by atoms with E-state index >= 15 is 0 Å². The fourth-order valence-corrected chi connectivity index (χ4v) is 1.02. The Labute approximate surface area is 83.0 Å². The van der Waals surface area contributed by atoms with Crippen molar-refractivity contribution in [1.82, 2.24) is 15.3 Å². The highest BCUT2D eigenvalue weighted by atomic mass is 16.1. The first-order valence-corrected chi connectivity index (χ1v) is 4.70. The molecule has 1 heterocycles. The maximum Gasteiger partial charge on any atom is 0.252 e. The number of aromatic nitrogens is 2. The van der Waals surface area contributed by atoms with Gasteiger partial charge in [0.15, 0.2) is 0 Å². The van der Waals surface area contributed by atoms with Gasteiger partial charge in [0, 0.05) is 25.2 Å². The lowest BCUT2D eigenvalue weighted by molar-refractivity contribution is 0.602. The van der Waals surface area contributed by atoms with Crippen LogP contribution >= 0.6 is 0 Å². The van der Waals surface area contributed by atoms with Gasteiger partial charge in [-0.2, -0.15) is 0 Å². The predicted octanol–water partition coefficient (Wildman–Crippen LogP) is 0.180. The van der Waals surface area contributed by atoms with E-state index in [9.17, 15) is 4.79 Å². The lowest BCUT2D eigenvalue weighted by Crippen LogP contribution is -2.28. The summed E-state index contributed by atoms with van der Waals surface area (Å²) in [7, 11) is 0. The minimum Gasteiger partial charge on any atom is -0.369 e. The molecule has 0 saturated carbocycles. The number of hydrogen-bond acceptors (Lipinski definition) is 4. The largest absolute Gasteiger partial charge is 0.369 e. The molecule has 78 valence electrons. The molecule has 0 atom stereocenters. The van der Waals surface area contributed by atoms with Crippen LogP contribution in [0.3, 0.4) is 0 Å². The molecule has 1 aromatic rings. The molecule has 0 radical (unpaired) electrons. The first kappa shape index (κ1) is 10.7. The summed E-state index contributed by atoms with van der Waals surface area (Å²) in [5.74, 6) is 0.610. The van der Waals surface area contributed by atoms with Crippen molar-refractivity contribution < 1.29 is 0 Å². The molecule has 1 aromatic heterocycles. The molecule has 0 aliphatic rings. The Bertz CT molecular complexity index is 321. The minimum atomic E-state index is -0.140. The molecule has 5 nitrogen and oxygen atoms in total. The van der Waals surface area contributed by atoms with Crippen LogP contribution in [0.25, 0.3) is 0 Å². The quantitative estimate of drug-likeness (QED) is 0.588. The lowest BCUT2D eigenvalue weighted by Gasteiger charge is -2.08. The summed E-state index contributed by atoms with van der Waals surface area (Å²) < 4.78 is 0. The number of nitrogens with zero attached hydrogens (tertiary/aromatic N) is 1. The van der Waals surface area contributed by atoms with Gasteiger partial charge in [0.2, 0.25) is 0 Å². The molecule has 5 heteroatoms. The van der Waals surface area contributed by atoms with E-state index in [0.717, 1.165) is 13.1 Å². The zero-order chi connectivity index (χ0) is 10.4. The van der Waals surface area contributed by atoms with Gasteiger partial charge in [-0.3, -0.25) is 4.79 Å². The third kappa shape index (κ3) is 4.04. The molecule has 0 bridgehead atoms. The molecule has 0 amide bonds. The molecule has 14 heavy (non-hydrogen) atoms. The van der Waals surface area contributed by atoms with Crippen LogP contribution in [0.5, 0.6) is 0 Å². The Hall–Kier alpha value is -1.36. The van der Waals surface area contributed by atoms with E-state index in [1.807, 2.05) is 0 Å². The maximum absolute atomic E-state index is 10.9. The molecule has 1 rings (SSSR count). The van der Waals surface area contributed by atoms with Gasteiger partial charge in [0.1, 0.15) is 5.82 Å². The van der Waals surface area contributed by atoms with Crippen molar-refractivity contribution in [2.24, 2.45) is 0 Å². The van der Waals surface area contributed by atoms with Gasteiger partial charge in [0.25, 0.3) is 5.56 Å². The lowest BCUT2D eigenvalue weighted by atomic mass is 10.4. The van der Waals surface area contributed by atoms with Crippen LogP contribution in [0, 0.1) is 0 Å². The third-order valence-electron chi connectivity index (χ3n) is 1.66. The highest BCUT2D eigenvalue weighted by Gasteiger charge is 1.94. The van der Waals surface area contributed by atoms with Crippen molar-refractivity contribution in [3.63, 3.8) is 0 Å². The van der Waals surface area contributed by atoms with E-state index in [1.54, 1.807) is 0 Å². The molecule has 0 spiro atoms. The van der Waals surface area contributed by atoms with Crippen LogP contribution in [-0.4, -0.2) is 29.1 Å². The van der Waals surface area contributed by atoms with E-state index in [0.29, 0.717) is 11.9 Å². The summed E-state index contributed by atoms with van der Waals surface area (Å²) in [4.78, 5) is 17.3. The summed E-state index contributed by atoms with van der Waals surface area (Å²) in [6, 6.07) is 1.92. The molecule has 0 aliphatic heterocycles. The van der Waals surface area contributed by atoms with Gasteiger partial charge in [-0.05, 0) is 0 Å². The molecule has 0 aromatic carbocycles. The van der Waals surface area contributed by atoms with Crippen molar-refractivity contribution in [3.05, 3.63) is 22.7 Å². The van der Waals surface area contributed by atoms with Gasteiger partial charge < -0.3 is 15.6 Å². The second kappa shape index (κ2) is 5.39. The summed E-state index contributed by atoms with van der Waals surface area (Å²) >= 11 is 0. The summed E-state index contributed by atoms with van der Waals surface area (Å²) in [6.07, 6.45) is 1.39.